The highest BCUT2D eigenvalue weighted by Crippen LogP contribution is 2.11. The van der Waals surface area contributed by atoms with Crippen molar-refractivity contribution in [1.82, 2.24) is 4.98 Å². The molecule has 1 rings (SSSR count). The molecule has 16 heavy (non-hydrogen) atoms. The van der Waals surface area contributed by atoms with Gasteiger partial charge in [0.05, 0.1) is 11.4 Å². The van der Waals surface area contributed by atoms with E-state index in [1.54, 1.807) is 25.3 Å². The molecule has 86 valence electrons. The number of nitrogens with zero attached hydrogens (tertiary/aromatic N) is 1. The smallest absolute Gasteiger partial charge is 0.303 e. The van der Waals surface area contributed by atoms with E-state index in [9.17, 15) is 9.59 Å². The molecule has 1 amide bonds. The first-order valence-electron chi connectivity index (χ1n) is 5.03. The summed E-state index contributed by atoms with van der Waals surface area (Å²) in [6.45, 7) is 1.80. The number of aryl methyl sites for hydroxylation is 1. The van der Waals surface area contributed by atoms with E-state index >= 15 is 0 Å². The molecule has 0 atom stereocenters. The minimum Gasteiger partial charge on any atom is -0.481 e. The van der Waals surface area contributed by atoms with Crippen molar-refractivity contribution in [2.75, 3.05) is 5.32 Å². The third-order valence-corrected chi connectivity index (χ3v) is 2.08. The lowest BCUT2D eigenvalue weighted by molar-refractivity contribution is -0.137. The molecule has 0 radical (unpaired) electrons. The number of nitrogens with one attached hydrogen (secondary N) is 1. The number of hydrogen-bond donors (Lipinski definition) is 2. The van der Waals surface area contributed by atoms with Crippen LogP contribution in [-0.4, -0.2) is 22.0 Å². The van der Waals surface area contributed by atoms with E-state index in [4.69, 9.17) is 5.11 Å². The number of carboxylic acids is 1. The molecule has 1 aromatic rings. The molecule has 0 unspecified atom stereocenters. The fourth-order valence-electron chi connectivity index (χ4n) is 1.23. The molecule has 0 aliphatic carbocycles. The average Bonchev–Trinajstić information content (AvgIpc) is 2.21. The SMILES string of the molecule is Cc1ncccc1NC(=O)CCCC(=O)O. The Labute approximate surface area is 93.5 Å². The van der Waals surface area contributed by atoms with Crippen LogP contribution in [0, 0.1) is 6.92 Å². The summed E-state index contributed by atoms with van der Waals surface area (Å²) in [4.78, 5) is 25.7. The van der Waals surface area contributed by atoms with Crippen molar-refractivity contribution in [2.45, 2.75) is 26.2 Å². The maximum Gasteiger partial charge on any atom is 0.303 e. The Bertz CT molecular complexity index is 391. The predicted octanol–water partition coefficient (Wildman–Crippen LogP) is 1.58. The van der Waals surface area contributed by atoms with Crippen molar-refractivity contribution in [1.29, 1.82) is 0 Å². The lowest BCUT2D eigenvalue weighted by Gasteiger charge is -2.06. The van der Waals surface area contributed by atoms with E-state index in [0.717, 1.165) is 5.69 Å². The molecule has 0 bridgehead atoms. The molecule has 0 saturated heterocycles. The van der Waals surface area contributed by atoms with Crippen LogP contribution in [0.4, 0.5) is 5.69 Å². The van der Waals surface area contributed by atoms with Crippen LogP contribution in [0.15, 0.2) is 18.3 Å². The van der Waals surface area contributed by atoms with E-state index in [0.29, 0.717) is 12.1 Å². The zero-order valence-corrected chi connectivity index (χ0v) is 9.06. The Morgan fingerprint density at radius 1 is 1.44 bits per heavy atom. The summed E-state index contributed by atoms with van der Waals surface area (Å²) in [7, 11) is 0. The highest BCUT2D eigenvalue weighted by Gasteiger charge is 2.05. The van der Waals surface area contributed by atoms with Gasteiger partial charge in [-0.15, -0.1) is 0 Å². The summed E-state index contributed by atoms with van der Waals surface area (Å²) >= 11 is 0. The fraction of sp³-hybridized carbons (Fsp3) is 0.364. The second-order valence-electron chi connectivity index (χ2n) is 3.43. The highest BCUT2D eigenvalue weighted by molar-refractivity contribution is 5.91. The molecule has 0 saturated carbocycles. The number of amides is 1. The topological polar surface area (TPSA) is 79.3 Å². The Morgan fingerprint density at radius 2 is 2.19 bits per heavy atom. The van der Waals surface area contributed by atoms with Gasteiger partial charge in [0.1, 0.15) is 0 Å². The largest absolute Gasteiger partial charge is 0.481 e. The molecule has 2 N–H and O–H groups in total. The van der Waals surface area contributed by atoms with Crippen LogP contribution in [0.1, 0.15) is 25.0 Å². The third kappa shape index (κ3) is 4.08. The first-order chi connectivity index (χ1) is 7.59. The Kier molecular flexibility index (Phi) is 4.44. The summed E-state index contributed by atoms with van der Waals surface area (Å²) in [5.74, 6) is -1.07. The molecule has 5 heteroatoms. The van der Waals surface area contributed by atoms with E-state index < -0.39 is 5.97 Å². The van der Waals surface area contributed by atoms with E-state index in [1.807, 2.05) is 0 Å². The molecule has 1 heterocycles. The lowest BCUT2D eigenvalue weighted by atomic mass is 10.2. The van der Waals surface area contributed by atoms with E-state index in [-0.39, 0.29) is 18.7 Å². The number of carbonyl (C=O) groups is 2. The van der Waals surface area contributed by atoms with Gasteiger partial charge in [-0.2, -0.15) is 0 Å². The number of carbonyl (C=O) groups excluding carboxylic acids is 1. The van der Waals surface area contributed by atoms with Gasteiger partial charge < -0.3 is 10.4 Å². The van der Waals surface area contributed by atoms with Gasteiger partial charge in [0.15, 0.2) is 0 Å². The van der Waals surface area contributed by atoms with Gasteiger partial charge in [0.25, 0.3) is 0 Å². The van der Waals surface area contributed by atoms with Crippen molar-refractivity contribution < 1.29 is 14.7 Å². The van der Waals surface area contributed by atoms with Gasteiger partial charge in [-0.25, -0.2) is 0 Å². The van der Waals surface area contributed by atoms with Crippen LogP contribution in [0.2, 0.25) is 0 Å². The number of aromatic nitrogens is 1. The lowest BCUT2D eigenvalue weighted by Crippen LogP contribution is -2.13. The van der Waals surface area contributed by atoms with Crippen molar-refractivity contribution in [3.05, 3.63) is 24.0 Å². The van der Waals surface area contributed by atoms with Crippen molar-refractivity contribution >= 4 is 17.6 Å². The Hall–Kier alpha value is -1.91. The van der Waals surface area contributed by atoms with Gasteiger partial charge in [0.2, 0.25) is 5.91 Å². The second kappa shape index (κ2) is 5.85. The molecular weight excluding hydrogens is 208 g/mol. The first kappa shape index (κ1) is 12.2. The Morgan fingerprint density at radius 3 is 2.81 bits per heavy atom. The van der Waals surface area contributed by atoms with Crippen molar-refractivity contribution in [3.63, 3.8) is 0 Å². The van der Waals surface area contributed by atoms with Gasteiger partial charge in [0, 0.05) is 19.0 Å². The van der Waals surface area contributed by atoms with E-state index in [1.165, 1.54) is 0 Å². The van der Waals surface area contributed by atoms with Crippen LogP contribution in [0.25, 0.3) is 0 Å². The molecule has 1 aromatic heterocycles. The number of hydrogen-bond acceptors (Lipinski definition) is 3. The predicted molar refractivity (Wildman–Crippen MR) is 59.1 cm³/mol. The highest BCUT2D eigenvalue weighted by atomic mass is 16.4. The summed E-state index contributed by atoms with van der Waals surface area (Å²) in [5.41, 5.74) is 1.41. The van der Waals surface area contributed by atoms with Gasteiger partial charge >= 0.3 is 5.97 Å². The number of carboxylic acid groups (broad SMARTS) is 1. The number of anilines is 1. The average molecular weight is 222 g/mol. The zero-order chi connectivity index (χ0) is 12.0. The van der Waals surface area contributed by atoms with Crippen LogP contribution < -0.4 is 5.32 Å². The first-order valence-corrected chi connectivity index (χ1v) is 5.03. The Balaban J connectivity index is 2.40. The van der Waals surface area contributed by atoms with Gasteiger partial charge in [-0.3, -0.25) is 14.6 Å². The number of aliphatic carboxylic acids is 1. The van der Waals surface area contributed by atoms with Crippen LogP contribution in [-0.2, 0) is 9.59 Å². The van der Waals surface area contributed by atoms with Gasteiger partial charge in [-0.05, 0) is 25.5 Å². The molecular formula is C11H14N2O3. The molecule has 0 aliphatic rings. The summed E-state index contributed by atoms with van der Waals surface area (Å²) in [6.07, 6.45) is 2.22. The maximum absolute atomic E-state index is 11.4. The minimum atomic E-state index is -0.884. The van der Waals surface area contributed by atoms with Crippen LogP contribution in [0.5, 0.6) is 0 Å². The fourth-order valence-corrected chi connectivity index (χ4v) is 1.23. The molecule has 0 aliphatic heterocycles. The summed E-state index contributed by atoms with van der Waals surface area (Å²) in [6, 6.07) is 3.50. The van der Waals surface area contributed by atoms with E-state index in [2.05, 4.69) is 10.3 Å². The molecule has 0 fully saturated rings. The monoisotopic (exact) mass is 222 g/mol. The van der Waals surface area contributed by atoms with Crippen molar-refractivity contribution in [2.24, 2.45) is 0 Å². The minimum absolute atomic E-state index is 0.0133. The molecule has 0 aromatic carbocycles. The third-order valence-electron chi connectivity index (χ3n) is 2.08. The van der Waals surface area contributed by atoms with Gasteiger partial charge in [-0.1, -0.05) is 0 Å². The second-order valence-corrected chi connectivity index (χ2v) is 3.43. The van der Waals surface area contributed by atoms with Crippen LogP contribution in [0.3, 0.4) is 0 Å². The number of pyridine rings is 1. The molecule has 0 spiro atoms. The summed E-state index contributed by atoms with van der Waals surface area (Å²) < 4.78 is 0. The standard InChI is InChI=1S/C11H14N2O3/c1-8-9(4-3-7-12-8)13-10(14)5-2-6-11(15)16/h3-4,7H,2,5-6H2,1H3,(H,13,14)(H,15,16). The quantitative estimate of drug-likeness (QED) is 0.792. The number of rotatable bonds is 5. The summed E-state index contributed by atoms with van der Waals surface area (Å²) in [5, 5.41) is 11.1. The molecule has 5 nitrogen and oxygen atoms in total. The maximum atomic E-state index is 11.4. The van der Waals surface area contributed by atoms with Crippen LogP contribution >= 0.6 is 0 Å². The van der Waals surface area contributed by atoms with Crippen molar-refractivity contribution in [3.8, 4) is 0 Å². The zero-order valence-electron chi connectivity index (χ0n) is 9.06. The normalized spacial score (nSPS) is 9.81.